The van der Waals surface area contributed by atoms with Crippen LogP contribution in [0.1, 0.15) is 30.0 Å². The van der Waals surface area contributed by atoms with Crippen LogP contribution in [0.3, 0.4) is 0 Å². The van der Waals surface area contributed by atoms with E-state index in [9.17, 15) is 31.5 Å². The van der Waals surface area contributed by atoms with Crippen molar-refractivity contribution in [1.82, 2.24) is 9.29 Å². The first-order valence-corrected chi connectivity index (χ1v) is 11.5. The lowest BCUT2D eigenvalue weighted by Gasteiger charge is -2.42. The van der Waals surface area contributed by atoms with Gasteiger partial charge in [0, 0.05) is 31.9 Å². The highest BCUT2D eigenvalue weighted by Gasteiger charge is 2.59. The summed E-state index contributed by atoms with van der Waals surface area (Å²) < 4.78 is 64.9. The quantitative estimate of drug-likeness (QED) is 0.741. The number of aliphatic carboxylic acids is 1. The molecule has 0 radical (unpaired) electrons. The van der Waals surface area contributed by atoms with Gasteiger partial charge in [-0.1, -0.05) is 24.3 Å². The summed E-state index contributed by atoms with van der Waals surface area (Å²) in [7, 11) is -4.28. The summed E-state index contributed by atoms with van der Waals surface area (Å²) in [6.07, 6.45) is -3.44. The van der Waals surface area contributed by atoms with E-state index in [-0.39, 0.29) is 26.1 Å². The van der Waals surface area contributed by atoms with E-state index in [2.05, 4.69) is 4.98 Å². The van der Waals surface area contributed by atoms with Gasteiger partial charge in [-0.05, 0) is 43.0 Å². The maximum Gasteiger partial charge on any atom is 0.417 e. The van der Waals surface area contributed by atoms with Crippen LogP contribution in [-0.4, -0.2) is 54.5 Å². The zero-order valence-electron chi connectivity index (χ0n) is 17.2. The van der Waals surface area contributed by atoms with E-state index in [0.29, 0.717) is 23.4 Å². The van der Waals surface area contributed by atoms with Gasteiger partial charge in [0.15, 0.2) is 0 Å². The molecule has 2 unspecified atom stereocenters. The van der Waals surface area contributed by atoms with Crippen molar-refractivity contribution in [2.75, 3.05) is 24.5 Å². The highest BCUT2D eigenvalue weighted by atomic mass is 32.2. The number of pyridine rings is 1. The number of hydrogen-bond acceptors (Lipinski definition) is 5. The molecular weight excluding hydrogens is 447 g/mol. The van der Waals surface area contributed by atoms with Gasteiger partial charge in [-0.25, -0.2) is 13.4 Å². The number of fused-ring (bicyclic) bond motifs is 1. The van der Waals surface area contributed by atoms with E-state index in [0.717, 1.165) is 12.3 Å². The van der Waals surface area contributed by atoms with Gasteiger partial charge >= 0.3 is 12.1 Å². The fourth-order valence-corrected chi connectivity index (χ4v) is 6.95. The molecule has 7 nitrogen and oxygen atoms in total. The number of carboxylic acids is 1. The van der Waals surface area contributed by atoms with Crippen molar-refractivity contribution in [3.05, 3.63) is 59.3 Å². The predicted molar refractivity (Wildman–Crippen MR) is 111 cm³/mol. The Morgan fingerprint density at radius 3 is 2.50 bits per heavy atom. The number of aryl methyl sites for hydroxylation is 1. The number of halogens is 3. The number of piperazine rings is 1. The van der Waals surface area contributed by atoms with E-state index in [1.807, 2.05) is 0 Å². The maximum atomic E-state index is 13.7. The Kier molecular flexibility index (Phi) is 5.44. The van der Waals surface area contributed by atoms with Crippen LogP contribution in [0.2, 0.25) is 0 Å². The fourth-order valence-electron chi connectivity index (χ4n) is 4.63. The normalized spacial score (nSPS) is 24.4. The lowest BCUT2D eigenvalue weighted by Crippen LogP contribution is -2.59. The molecule has 2 aliphatic rings. The van der Waals surface area contributed by atoms with Gasteiger partial charge in [0.05, 0.1) is 5.56 Å². The van der Waals surface area contributed by atoms with Crippen molar-refractivity contribution in [3.63, 3.8) is 0 Å². The van der Waals surface area contributed by atoms with Gasteiger partial charge in [-0.15, -0.1) is 0 Å². The van der Waals surface area contributed by atoms with Crippen LogP contribution < -0.4 is 4.90 Å². The van der Waals surface area contributed by atoms with Crippen LogP contribution in [0.5, 0.6) is 0 Å². The van der Waals surface area contributed by atoms with Crippen LogP contribution in [0.4, 0.5) is 19.0 Å². The molecule has 1 aliphatic heterocycles. The first kappa shape index (κ1) is 22.5. The Hall–Kier alpha value is -2.66. The molecule has 1 fully saturated rings. The van der Waals surface area contributed by atoms with E-state index in [4.69, 9.17) is 0 Å². The molecule has 1 aromatic carbocycles. The molecule has 1 saturated heterocycles. The van der Waals surface area contributed by atoms with Gasteiger partial charge in [0.2, 0.25) is 14.8 Å². The largest absolute Gasteiger partial charge is 0.480 e. The van der Waals surface area contributed by atoms with Crippen molar-refractivity contribution in [2.24, 2.45) is 0 Å². The monoisotopic (exact) mass is 469 g/mol. The Morgan fingerprint density at radius 2 is 1.91 bits per heavy atom. The van der Waals surface area contributed by atoms with Crippen LogP contribution in [0.15, 0.2) is 42.6 Å². The minimum absolute atomic E-state index is 0.00337. The smallest absolute Gasteiger partial charge is 0.417 e. The zero-order valence-corrected chi connectivity index (χ0v) is 18.0. The maximum absolute atomic E-state index is 13.7. The number of anilines is 1. The minimum atomic E-state index is -4.49. The molecule has 0 amide bonds. The standard InChI is InChI=1S/C21H22F3N3O4S/c1-14-13-26(18-7-6-16(12-25-18)21(22,23)24)10-11-27(14)32(30,31)20(19(28)29)9-8-15-4-2-3-5-17(15)20/h2-7,12,14H,8-11,13H2,1H3,(H,28,29). The van der Waals surface area contributed by atoms with Gasteiger partial charge < -0.3 is 10.0 Å². The summed E-state index contributed by atoms with van der Waals surface area (Å²) in [6, 6.07) is 8.28. The van der Waals surface area contributed by atoms with Crippen molar-refractivity contribution in [1.29, 1.82) is 0 Å². The number of aromatic nitrogens is 1. The Bertz CT molecular complexity index is 1140. The Morgan fingerprint density at radius 1 is 1.19 bits per heavy atom. The van der Waals surface area contributed by atoms with Crippen LogP contribution in [0, 0.1) is 0 Å². The number of carbonyl (C=O) groups is 1. The molecule has 0 spiro atoms. The Labute approximate surface area is 183 Å². The molecule has 172 valence electrons. The second-order valence-electron chi connectivity index (χ2n) is 8.10. The fraction of sp³-hybridized carbons (Fsp3) is 0.429. The highest BCUT2D eigenvalue weighted by molar-refractivity contribution is 7.90. The van der Waals surface area contributed by atoms with Crippen LogP contribution >= 0.6 is 0 Å². The summed E-state index contributed by atoms with van der Waals surface area (Å²) in [5, 5.41) is 10.1. The molecule has 0 bridgehead atoms. The number of hydrogen-bond donors (Lipinski definition) is 1. The van der Waals surface area contributed by atoms with E-state index in [1.165, 1.54) is 10.4 Å². The third-order valence-electron chi connectivity index (χ3n) is 6.26. The summed E-state index contributed by atoms with van der Waals surface area (Å²) in [4.78, 5) is 17.9. The summed E-state index contributed by atoms with van der Waals surface area (Å²) in [5.41, 5.74) is 0.143. The molecule has 1 aliphatic carbocycles. The molecule has 11 heteroatoms. The lowest BCUT2D eigenvalue weighted by molar-refractivity contribution is -0.140. The minimum Gasteiger partial charge on any atom is -0.480 e. The molecule has 4 rings (SSSR count). The molecule has 1 N–H and O–H groups in total. The average Bonchev–Trinajstić information content (AvgIpc) is 3.14. The van der Waals surface area contributed by atoms with Crippen molar-refractivity contribution < 1.29 is 31.5 Å². The number of benzene rings is 1. The van der Waals surface area contributed by atoms with Crippen LogP contribution in [-0.2, 0) is 32.2 Å². The molecular formula is C21H22F3N3O4S. The molecule has 2 aromatic rings. The number of sulfonamides is 1. The molecule has 0 saturated carbocycles. The molecule has 32 heavy (non-hydrogen) atoms. The van der Waals surface area contributed by atoms with Gasteiger partial charge in [0.25, 0.3) is 0 Å². The van der Waals surface area contributed by atoms with Gasteiger partial charge in [-0.3, -0.25) is 4.79 Å². The molecule has 1 aromatic heterocycles. The average molecular weight is 469 g/mol. The predicted octanol–water partition coefficient (Wildman–Crippen LogP) is 2.87. The SMILES string of the molecule is CC1CN(c2ccc(C(F)(F)F)cn2)CCN1S(=O)(=O)C1(C(=O)O)CCc2ccccc21. The van der Waals surface area contributed by atoms with E-state index < -0.39 is 38.5 Å². The first-order chi connectivity index (χ1) is 15.0. The van der Waals surface area contributed by atoms with Crippen molar-refractivity contribution in [3.8, 4) is 0 Å². The summed E-state index contributed by atoms with van der Waals surface area (Å²) in [6.45, 7) is 2.02. The second-order valence-corrected chi connectivity index (χ2v) is 10.2. The third-order valence-corrected chi connectivity index (χ3v) is 8.90. The first-order valence-electron chi connectivity index (χ1n) is 10.1. The van der Waals surface area contributed by atoms with Crippen LogP contribution in [0.25, 0.3) is 0 Å². The molecule has 2 heterocycles. The number of alkyl halides is 3. The highest BCUT2D eigenvalue weighted by Crippen LogP contribution is 2.45. The van der Waals surface area contributed by atoms with E-state index in [1.54, 1.807) is 36.1 Å². The second kappa shape index (κ2) is 7.73. The summed E-state index contributed by atoms with van der Waals surface area (Å²) in [5.74, 6) is -1.09. The number of nitrogens with zero attached hydrogens (tertiary/aromatic N) is 3. The third kappa shape index (κ3) is 3.43. The van der Waals surface area contributed by atoms with Crippen molar-refractivity contribution in [2.45, 2.75) is 36.7 Å². The topological polar surface area (TPSA) is 90.8 Å². The summed E-state index contributed by atoms with van der Waals surface area (Å²) >= 11 is 0. The van der Waals surface area contributed by atoms with Crippen molar-refractivity contribution >= 4 is 21.8 Å². The number of rotatable bonds is 4. The van der Waals surface area contributed by atoms with Gasteiger partial charge in [-0.2, -0.15) is 17.5 Å². The number of carboxylic acid groups (broad SMARTS) is 1. The molecule has 2 atom stereocenters. The van der Waals surface area contributed by atoms with Gasteiger partial charge in [0.1, 0.15) is 5.82 Å². The lowest BCUT2D eigenvalue weighted by atomic mass is 10.0. The Balaban J connectivity index is 1.60. The van der Waals surface area contributed by atoms with E-state index >= 15 is 0 Å². The zero-order chi connectivity index (χ0) is 23.3.